The first-order valence-corrected chi connectivity index (χ1v) is 9.47. The van der Waals surface area contributed by atoms with Crippen LogP contribution in [0, 0.1) is 19.8 Å². The van der Waals surface area contributed by atoms with Crippen molar-refractivity contribution in [3.05, 3.63) is 35.8 Å². The van der Waals surface area contributed by atoms with Crippen LogP contribution in [0.15, 0.2) is 23.1 Å². The normalized spacial score (nSPS) is 18.5. The van der Waals surface area contributed by atoms with Crippen LogP contribution in [0.1, 0.15) is 34.7 Å². The minimum absolute atomic E-state index is 0.0345. The summed E-state index contributed by atoms with van der Waals surface area (Å²) in [4.78, 5) is 42.5. The average molecular weight is 373 g/mol. The number of hydrogen-bond acceptors (Lipinski definition) is 4. The fourth-order valence-electron chi connectivity index (χ4n) is 3.88. The van der Waals surface area contributed by atoms with E-state index in [1.165, 1.54) is 6.08 Å². The molecule has 7 nitrogen and oxygen atoms in total. The summed E-state index contributed by atoms with van der Waals surface area (Å²) in [5.74, 6) is 1.36. The van der Waals surface area contributed by atoms with Crippen LogP contribution in [0.4, 0.5) is 0 Å². The molecular formula is C20H27N3O4. The molecule has 2 aliphatic rings. The topological polar surface area (TPSA) is 74.1 Å². The van der Waals surface area contributed by atoms with E-state index in [4.69, 9.17) is 4.42 Å². The van der Waals surface area contributed by atoms with E-state index < -0.39 is 0 Å². The third kappa shape index (κ3) is 4.07. The second-order valence-corrected chi connectivity index (χ2v) is 7.25. The van der Waals surface area contributed by atoms with Gasteiger partial charge in [-0.2, -0.15) is 0 Å². The van der Waals surface area contributed by atoms with Crippen LogP contribution in [0.5, 0.6) is 0 Å². The molecule has 0 radical (unpaired) electrons. The van der Waals surface area contributed by atoms with Gasteiger partial charge in [0.2, 0.25) is 11.8 Å². The molecule has 2 fully saturated rings. The summed E-state index contributed by atoms with van der Waals surface area (Å²) >= 11 is 0. The van der Waals surface area contributed by atoms with Crippen LogP contribution in [0.2, 0.25) is 0 Å². The van der Waals surface area contributed by atoms with E-state index in [1.54, 1.807) is 22.8 Å². The fraction of sp³-hybridized carbons (Fsp3) is 0.550. The Balaban J connectivity index is 1.51. The molecule has 1 aromatic heterocycles. The van der Waals surface area contributed by atoms with Crippen molar-refractivity contribution in [3.8, 4) is 0 Å². The highest BCUT2D eigenvalue weighted by Crippen LogP contribution is 2.22. The van der Waals surface area contributed by atoms with E-state index in [0.717, 1.165) is 5.76 Å². The van der Waals surface area contributed by atoms with Gasteiger partial charge in [-0.25, -0.2) is 0 Å². The lowest BCUT2D eigenvalue weighted by Crippen LogP contribution is -2.53. The Morgan fingerprint density at radius 3 is 2.11 bits per heavy atom. The molecule has 3 amide bonds. The number of furan rings is 1. The summed E-state index contributed by atoms with van der Waals surface area (Å²) in [6.45, 7) is 10.5. The van der Waals surface area contributed by atoms with Gasteiger partial charge in [0.1, 0.15) is 11.5 Å². The maximum atomic E-state index is 12.8. The SMILES string of the molecule is C=CC(=O)N1CCC(C(=O)N2CCN(C(=O)c3cc(C)oc3C)CC2)CC1. The van der Waals surface area contributed by atoms with Gasteiger partial charge in [-0.05, 0) is 38.8 Å². The number of likely N-dealkylation sites (tertiary alicyclic amines) is 1. The van der Waals surface area contributed by atoms with Crippen LogP contribution in [-0.2, 0) is 9.59 Å². The third-order valence-electron chi connectivity index (χ3n) is 5.48. The monoisotopic (exact) mass is 373 g/mol. The first-order valence-electron chi connectivity index (χ1n) is 9.47. The lowest BCUT2D eigenvalue weighted by molar-refractivity contribution is -0.140. The van der Waals surface area contributed by atoms with Crippen molar-refractivity contribution in [3.63, 3.8) is 0 Å². The first-order chi connectivity index (χ1) is 12.9. The molecule has 2 aliphatic heterocycles. The summed E-state index contributed by atoms with van der Waals surface area (Å²) in [5.41, 5.74) is 0.603. The lowest BCUT2D eigenvalue weighted by atomic mass is 9.95. The second-order valence-electron chi connectivity index (χ2n) is 7.25. The summed E-state index contributed by atoms with van der Waals surface area (Å²) in [6, 6.07) is 1.77. The van der Waals surface area contributed by atoms with Gasteiger partial charge in [-0.3, -0.25) is 14.4 Å². The molecule has 3 rings (SSSR count). The number of rotatable bonds is 3. The van der Waals surface area contributed by atoms with Gasteiger partial charge >= 0.3 is 0 Å². The Morgan fingerprint density at radius 1 is 1.00 bits per heavy atom. The van der Waals surface area contributed by atoms with Crippen LogP contribution < -0.4 is 0 Å². The van der Waals surface area contributed by atoms with Crippen LogP contribution >= 0.6 is 0 Å². The van der Waals surface area contributed by atoms with E-state index in [-0.39, 0.29) is 23.6 Å². The summed E-state index contributed by atoms with van der Waals surface area (Å²) in [7, 11) is 0. The molecule has 0 spiro atoms. The molecule has 0 bridgehead atoms. The predicted octanol–water partition coefficient (Wildman–Crippen LogP) is 1.61. The van der Waals surface area contributed by atoms with E-state index in [1.807, 2.05) is 11.8 Å². The third-order valence-corrected chi connectivity index (χ3v) is 5.48. The summed E-state index contributed by atoms with van der Waals surface area (Å²) in [5, 5.41) is 0. The molecule has 0 aromatic carbocycles. The highest BCUT2D eigenvalue weighted by Gasteiger charge is 2.32. The maximum Gasteiger partial charge on any atom is 0.257 e. The van der Waals surface area contributed by atoms with Crippen molar-refractivity contribution in [1.82, 2.24) is 14.7 Å². The first kappa shape index (κ1) is 19.2. The highest BCUT2D eigenvalue weighted by atomic mass is 16.3. The van der Waals surface area contributed by atoms with Crippen molar-refractivity contribution in [2.75, 3.05) is 39.3 Å². The Kier molecular flexibility index (Phi) is 5.68. The van der Waals surface area contributed by atoms with Crippen molar-refractivity contribution in [1.29, 1.82) is 0 Å². The molecule has 0 atom stereocenters. The Labute approximate surface area is 159 Å². The number of carbonyl (C=O) groups is 3. The molecule has 0 aliphatic carbocycles. The fourth-order valence-corrected chi connectivity index (χ4v) is 3.88. The molecule has 2 saturated heterocycles. The van der Waals surface area contributed by atoms with Gasteiger partial charge in [-0.15, -0.1) is 0 Å². The molecular weight excluding hydrogens is 346 g/mol. The van der Waals surface area contributed by atoms with Crippen molar-refractivity contribution >= 4 is 17.7 Å². The lowest BCUT2D eigenvalue weighted by Gasteiger charge is -2.38. The van der Waals surface area contributed by atoms with Crippen molar-refractivity contribution < 1.29 is 18.8 Å². The number of aryl methyl sites for hydroxylation is 2. The number of piperazine rings is 1. The largest absolute Gasteiger partial charge is 0.466 e. The zero-order chi connectivity index (χ0) is 19.6. The van der Waals surface area contributed by atoms with E-state index >= 15 is 0 Å². The van der Waals surface area contributed by atoms with Crippen molar-refractivity contribution in [2.45, 2.75) is 26.7 Å². The Bertz CT molecular complexity index is 738. The van der Waals surface area contributed by atoms with E-state index in [0.29, 0.717) is 63.4 Å². The van der Waals surface area contributed by atoms with Crippen LogP contribution in [0.3, 0.4) is 0 Å². The molecule has 146 valence electrons. The number of carbonyl (C=O) groups excluding carboxylic acids is 3. The minimum atomic E-state index is -0.0715. The molecule has 0 saturated carbocycles. The quantitative estimate of drug-likeness (QED) is 0.755. The molecule has 1 aromatic rings. The number of piperidine rings is 1. The smallest absolute Gasteiger partial charge is 0.257 e. The summed E-state index contributed by atoms with van der Waals surface area (Å²) < 4.78 is 5.45. The van der Waals surface area contributed by atoms with E-state index in [9.17, 15) is 14.4 Å². The number of nitrogens with zero attached hydrogens (tertiary/aromatic N) is 3. The molecule has 0 N–H and O–H groups in total. The highest BCUT2D eigenvalue weighted by molar-refractivity contribution is 5.95. The Hall–Kier alpha value is -2.57. The Morgan fingerprint density at radius 2 is 1.59 bits per heavy atom. The van der Waals surface area contributed by atoms with Gasteiger partial charge in [0.15, 0.2) is 0 Å². The van der Waals surface area contributed by atoms with Crippen LogP contribution in [0.25, 0.3) is 0 Å². The standard InChI is InChI=1S/C20H27N3O4/c1-4-18(24)21-7-5-16(6-8-21)19(25)22-9-11-23(12-10-22)20(26)17-13-14(2)27-15(17)3/h4,13,16H,1,5-12H2,2-3H3. The molecule has 27 heavy (non-hydrogen) atoms. The van der Waals surface area contributed by atoms with Gasteiger partial charge in [0, 0.05) is 45.2 Å². The van der Waals surface area contributed by atoms with Gasteiger partial charge < -0.3 is 19.1 Å². The number of hydrogen-bond donors (Lipinski definition) is 0. The van der Waals surface area contributed by atoms with Gasteiger partial charge in [0.05, 0.1) is 5.56 Å². The second kappa shape index (κ2) is 7.98. The summed E-state index contributed by atoms with van der Waals surface area (Å²) in [6.07, 6.45) is 2.69. The molecule has 0 unspecified atom stereocenters. The molecule has 3 heterocycles. The minimum Gasteiger partial charge on any atom is -0.466 e. The predicted molar refractivity (Wildman–Crippen MR) is 100 cm³/mol. The van der Waals surface area contributed by atoms with E-state index in [2.05, 4.69) is 6.58 Å². The average Bonchev–Trinajstić information content (AvgIpc) is 3.04. The molecule has 7 heteroatoms. The maximum absolute atomic E-state index is 12.8. The van der Waals surface area contributed by atoms with Gasteiger partial charge in [0.25, 0.3) is 5.91 Å². The number of amides is 3. The zero-order valence-corrected chi connectivity index (χ0v) is 16.1. The zero-order valence-electron chi connectivity index (χ0n) is 16.1. The van der Waals surface area contributed by atoms with Gasteiger partial charge in [-0.1, -0.05) is 6.58 Å². The van der Waals surface area contributed by atoms with Crippen LogP contribution in [-0.4, -0.2) is 71.7 Å². The van der Waals surface area contributed by atoms with Crippen molar-refractivity contribution in [2.24, 2.45) is 5.92 Å².